The smallest absolute Gasteiger partial charge is 0.330 e. The Morgan fingerprint density at radius 2 is 1.88 bits per heavy atom. The van der Waals surface area contributed by atoms with Crippen LogP contribution in [-0.4, -0.2) is 19.7 Å². The van der Waals surface area contributed by atoms with Crippen molar-refractivity contribution in [2.45, 2.75) is 32.6 Å². The standard InChI is InChI=1S/C22H26O3/c1-4-25-22(23)15-9-13-19-12-8-14-21(24-3)20(19)16-17(2)18-10-6-5-7-11-18/h5-12,14-15,17H,4,13,16H2,1-3H3/b15-9+. The Hall–Kier alpha value is -2.55. The van der Waals surface area contributed by atoms with Gasteiger partial charge in [0.1, 0.15) is 5.75 Å². The zero-order valence-corrected chi connectivity index (χ0v) is 15.2. The number of allylic oxidation sites excluding steroid dienone is 1. The van der Waals surface area contributed by atoms with Gasteiger partial charge in [-0.25, -0.2) is 4.79 Å². The molecule has 1 atom stereocenters. The number of ether oxygens (including phenoxy) is 2. The molecule has 3 nitrogen and oxygen atoms in total. The van der Waals surface area contributed by atoms with Crippen LogP contribution in [0.1, 0.15) is 36.5 Å². The fraction of sp³-hybridized carbons (Fsp3) is 0.318. The van der Waals surface area contributed by atoms with Gasteiger partial charge in [-0.15, -0.1) is 0 Å². The Kier molecular flexibility index (Phi) is 7.27. The summed E-state index contributed by atoms with van der Waals surface area (Å²) in [6, 6.07) is 16.5. The molecule has 0 bridgehead atoms. The Bertz CT molecular complexity index is 704. The first-order valence-corrected chi connectivity index (χ1v) is 8.68. The Balaban J connectivity index is 2.19. The van der Waals surface area contributed by atoms with Crippen molar-refractivity contribution in [1.29, 1.82) is 0 Å². The number of hydrogen-bond acceptors (Lipinski definition) is 3. The molecule has 25 heavy (non-hydrogen) atoms. The zero-order chi connectivity index (χ0) is 18.1. The van der Waals surface area contributed by atoms with Gasteiger partial charge in [-0.2, -0.15) is 0 Å². The van der Waals surface area contributed by atoms with Crippen molar-refractivity contribution in [3.05, 3.63) is 77.4 Å². The molecule has 0 aliphatic carbocycles. The van der Waals surface area contributed by atoms with Crippen molar-refractivity contribution in [1.82, 2.24) is 0 Å². The largest absolute Gasteiger partial charge is 0.496 e. The van der Waals surface area contributed by atoms with E-state index in [4.69, 9.17) is 9.47 Å². The van der Waals surface area contributed by atoms with Crippen LogP contribution in [0.15, 0.2) is 60.7 Å². The predicted molar refractivity (Wildman–Crippen MR) is 101 cm³/mol. The number of carbonyl (C=O) groups is 1. The van der Waals surface area contributed by atoms with E-state index in [1.54, 1.807) is 14.0 Å². The molecule has 0 radical (unpaired) electrons. The van der Waals surface area contributed by atoms with E-state index in [1.807, 2.05) is 24.3 Å². The lowest BCUT2D eigenvalue weighted by Gasteiger charge is -2.17. The molecule has 2 rings (SSSR count). The van der Waals surface area contributed by atoms with Gasteiger partial charge in [-0.05, 0) is 48.4 Å². The lowest BCUT2D eigenvalue weighted by atomic mass is 9.90. The monoisotopic (exact) mass is 338 g/mol. The molecule has 0 saturated heterocycles. The topological polar surface area (TPSA) is 35.5 Å². The maximum absolute atomic E-state index is 11.5. The van der Waals surface area contributed by atoms with E-state index < -0.39 is 0 Å². The average molecular weight is 338 g/mol. The van der Waals surface area contributed by atoms with Crippen molar-refractivity contribution in [2.24, 2.45) is 0 Å². The van der Waals surface area contributed by atoms with E-state index in [2.05, 4.69) is 37.3 Å². The van der Waals surface area contributed by atoms with Crippen LogP contribution < -0.4 is 4.74 Å². The molecule has 0 aromatic heterocycles. The first-order valence-electron chi connectivity index (χ1n) is 8.68. The van der Waals surface area contributed by atoms with Crippen LogP contribution in [0.25, 0.3) is 0 Å². The summed E-state index contributed by atoms with van der Waals surface area (Å²) in [6.07, 6.45) is 4.90. The van der Waals surface area contributed by atoms with Crippen LogP contribution in [0.4, 0.5) is 0 Å². The highest BCUT2D eigenvalue weighted by Crippen LogP contribution is 2.29. The normalized spacial score (nSPS) is 12.1. The highest BCUT2D eigenvalue weighted by Gasteiger charge is 2.13. The quantitative estimate of drug-likeness (QED) is 0.517. The molecule has 132 valence electrons. The molecule has 0 heterocycles. The molecule has 0 spiro atoms. The lowest BCUT2D eigenvalue weighted by Crippen LogP contribution is -2.04. The summed E-state index contributed by atoms with van der Waals surface area (Å²) >= 11 is 0. The van der Waals surface area contributed by atoms with Crippen LogP contribution in [0.2, 0.25) is 0 Å². The zero-order valence-electron chi connectivity index (χ0n) is 15.2. The van der Waals surface area contributed by atoms with Gasteiger partial charge >= 0.3 is 5.97 Å². The molecule has 3 heteroatoms. The molecular weight excluding hydrogens is 312 g/mol. The summed E-state index contributed by atoms with van der Waals surface area (Å²) in [7, 11) is 1.70. The number of methoxy groups -OCH3 is 1. The first-order chi connectivity index (χ1) is 12.2. The molecule has 0 aliphatic rings. The van der Waals surface area contributed by atoms with Crippen molar-refractivity contribution < 1.29 is 14.3 Å². The number of rotatable bonds is 8. The minimum atomic E-state index is -0.301. The number of hydrogen-bond donors (Lipinski definition) is 0. The second kappa shape index (κ2) is 9.67. The summed E-state index contributed by atoms with van der Waals surface area (Å²) in [5.41, 5.74) is 3.67. The molecule has 0 fully saturated rings. The van der Waals surface area contributed by atoms with Gasteiger partial charge in [0.25, 0.3) is 0 Å². The molecule has 0 saturated carbocycles. The maximum atomic E-state index is 11.5. The van der Waals surface area contributed by atoms with E-state index in [1.165, 1.54) is 22.8 Å². The predicted octanol–water partition coefficient (Wildman–Crippen LogP) is 4.70. The summed E-state index contributed by atoms with van der Waals surface area (Å²) in [6.45, 7) is 4.42. The van der Waals surface area contributed by atoms with E-state index >= 15 is 0 Å². The summed E-state index contributed by atoms with van der Waals surface area (Å²) < 4.78 is 10.5. The maximum Gasteiger partial charge on any atom is 0.330 e. The third kappa shape index (κ3) is 5.49. The van der Waals surface area contributed by atoms with Gasteiger partial charge in [-0.1, -0.05) is 55.5 Å². The van der Waals surface area contributed by atoms with Crippen molar-refractivity contribution >= 4 is 5.97 Å². The lowest BCUT2D eigenvalue weighted by molar-refractivity contribution is -0.137. The number of benzene rings is 2. The molecular formula is C22H26O3. The fourth-order valence-electron chi connectivity index (χ4n) is 2.90. The SMILES string of the molecule is CCOC(=O)/C=C/Cc1cccc(OC)c1CC(C)c1ccccc1. The van der Waals surface area contributed by atoms with Crippen molar-refractivity contribution in [2.75, 3.05) is 13.7 Å². The molecule has 0 aliphatic heterocycles. The van der Waals surface area contributed by atoms with Gasteiger partial charge in [-0.3, -0.25) is 0 Å². The highest BCUT2D eigenvalue weighted by atomic mass is 16.5. The average Bonchev–Trinajstić information content (AvgIpc) is 2.63. The van der Waals surface area contributed by atoms with E-state index in [-0.39, 0.29) is 5.97 Å². The van der Waals surface area contributed by atoms with E-state index in [0.29, 0.717) is 18.9 Å². The van der Waals surface area contributed by atoms with Gasteiger partial charge < -0.3 is 9.47 Å². The van der Waals surface area contributed by atoms with Gasteiger partial charge in [0.05, 0.1) is 13.7 Å². The van der Waals surface area contributed by atoms with Crippen LogP contribution in [-0.2, 0) is 22.4 Å². The minimum absolute atomic E-state index is 0.301. The molecule has 2 aromatic rings. The van der Waals surface area contributed by atoms with Crippen LogP contribution in [0.5, 0.6) is 5.75 Å². The summed E-state index contributed by atoms with van der Waals surface area (Å²) in [5, 5.41) is 0. The number of carbonyl (C=O) groups excluding carboxylic acids is 1. The Morgan fingerprint density at radius 1 is 1.12 bits per heavy atom. The molecule has 0 N–H and O–H groups in total. The van der Waals surface area contributed by atoms with E-state index in [9.17, 15) is 4.79 Å². The second-order valence-corrected chi connectivity index (χ2v) is 5.97. The van der Waals surface area contributed by atoms with Crippen LogP contribution >= 0.6 is 0 Å². The fourth-order valence-corrected chi connectivity index (χ4v) is 2.90. The molecule has 1 unspecified atom stereocenters. The molecule has 2 aromatic carbocycles. The van der Waals surface area contributed by atoms with Gasteiger partial charge in [0.2, 0.25) is 0 Å². The summed E-state index contributed by atoms with van der Waals surface area (Å²) in [5.74, 6) is 0.972. The first kappa shape index (κ1) is 18.8. The Morgan fingerprint density at radius 3 is 2.56 bits per heavy atom. The minimum Gasteiger partial charge on any atom is -0.496 e. The third-order valence-corrected chi connectivity index (χ3v) is 4.21. The number of esters is 1. The van der Waals surface area contributed by atoms with Crippen LogP contribution in [0.3, 0.4) is 0 Å². The third-order valence-electron chi connectivity index (χ3n) is 4.21. The second-order valence-electron chi connectivity index (χ2n) is 5.97. The van der Waals surface area contributed by atoms with Crippen molar-refractivity contribution in [3.8, 4) is 5.75 Å². The summed E-state index contributed by atoms with van der Waals surface area (Å²) in [4.78, 5) is 11.5. The molecule has 0 amide bonds. The van der Waals surface area contributed by atoms with Crippen LogP contribution in [0, 0.1) is 0 Å². The van der Waals surface area contributed by atoms with Gasteiger partial charge in [0, 0.05) is 6.08 Å². The highest BCUT2D eigenvalue weighted by molar-refractivity contribution is 5.81. The Labute approximate surface area is 150 Å². The van der Waals surface area contributed by atoms with E-state index in [0.717, 1.165) is 12.2 Å². The van der Waals surface area contributed by atoms with Crippen molar-refractivity contribution in [3.63, 3.8) is 0 Å². The van der Waals surface area contributed by atoms with Gasteiger partial charge in [0.15, 0.2) is 0 Å².